The minimum absolute atomic E-state index is 0.0289. The normalized spacial score (nSPS) is 15.0. The number of hydrogen-bond acceptors (Lipinski definition) is 6. The summed E-state index contributed by atoms with van der Waals surface area (Å²) < 4.78 is 40.7. The van der Waals surface area contributed by atoms with Gasteiger partial charge in [-0.1, -0.05) is 72.4 Å². The number of benzene rings is 2. The number of aromatic nitrogens is 3. The summed E-state index contributed by atoms with van der Waals surface area (Å²) in [5.41, 5.74) is 3.34. The Morgan fingerprint density at radius 2 is 1.85 bits per heavy atom. The molecule has 0 amide bonds. The van der Waals surface area contributed by atoms with Crippen molar-refractivity contribution in [3.8, 4) is 21.8 Å². The van der Waals surface area contributed by atoms with Crippen LogP contribution in [-0.2, 0) is 6.18 Å². The second kappa shape index (κ2) is 11.6. The molecule has 0 fully saturated rings. The van der Waals surface area contributed by atoms with Crippen LogP contribution in [0.1, 0.15) is 50.3 Å². The molecular formula is C30H30F3N5S. The molecule has 4 aromatic rings. The maximum absolute atomic E-state index is 13.6. The van der Waals surface area contributed by atoms with Gasteiger partial charge in [0.15, 0.2) is 5.13 Å². The summed E-state index contributed by atoms with van der Waals surface area (Å²) in [5, 5.41) is 4.13. The molecule has 1 aliphatic rings. The molecule has 202 valence electrons. The average molecular weight is 550 g/mol. The average Bonchev–Trinajstić information content (AvgIpc) is 3.25. The molecule has 0 radical (unpaired) electrons. The molecule has 1 N–H and O–H groups in total. The van der Waals surface area contributed by atoms with Gasteiger partial charge in [-0.3, -0.25) is 0 Å². The lowest BCUT2D eigenvalue weighted by molar-refractivity contribution is -0.137. The van der Waals surface area contributed by atoms with Crippen LogP contribution < -0.4 is 10.2 Å². The fourth-order valence-electron chi connectivity index (χ4n) is 4.66. The number of nitrogens with zero attached hydrogens (tertiary/aromatic N) is 4. The van der Waals surface area contributed by atoms with Gasteiger partial charge in [0.05, 0.1) is 27.9 Å². The van der Waals surface area contributed by atoms with Gasteiger partial charge in [-0.25, -0.2) is 15.0 Å². The van der Waals surface area contributed by atoms with Crippen LogP contribution in [0, 0.1) is 0 Å². The third-order valence-corrected chi connectivity index (χ3v) is 8.01. The molecule has 39 heavy (non-hydrogen) atoms. The molecule has 2 aromatic carbocycles. The zero-order valence-electron chi connectivity index (χ0n) is 21.9. The predicted octanol–water partition coefficient (Wildman–Crippen LogP) is 8.40. The molecule has 5 rings (SSSR count). The first-order valence-corrected chi connectivity index (χ1v) is 13.9. The maximum atomic E-state index is 13.6. The highest BCUT2D eigenvalue weighted by Gasteiger charge is 2.31. The minimum Gasteiger partial charge on any atom is -0.348 e. The van der Waals surface area contributed by atoms with Crippen molar-refractivity contribution in [1.82, 2.24) is 15.0 Å². The Labute approximate surface area is 230 Å². The van der Waals surface area contributed by atoms with Crippen LogP contribution in [0.3, 0.4) is 0 Å². The van der Waals surface area contributed by atoms with Crippen LogP contribution >= 0.6 is 11.3 Å². The second-order valence-corrected chi connectivity index (χ2v) is 10.5. The molecule has 0 aliphatic carbocycles. The number of alkyl halides is 3. The van der Waals surface area contributed by atoms with Crippen molar-refractivity contribution in [2.24, 2.45) is 0 Å². The third kappa shape index (κ3) is 6.30. The third-order valence-electron chi connectivity index (χ3n) is 6.87. The number of nitrogens with one attached hydrogen (secondary N) is 1. The van der Waals surface area contributed by atoms with Crippen LogP contribution in [0.2, 0.25) is 0 Å². The summed E-state index contributed by atoms with van der Waals surface area (Å²) in [7, 11) is 0. The molecule has 3 heterocycles. The maximum Gasteiger partial charge on any atom is 0.416 e. The molecule has 5 nitrogen and oxygen atoms in total. The summed E-state index contributed by atoms with van der Waals surface area (Å²) in [6.45, 7) is 5.82. The summed E-state index contributed by atoms with van der Waals surface area (Å²) in [5.74, 6) is 0.445. The number of anilines is 2. The number of rotatable bonds is 7. The van der Waals surface area contributed by atoms with Crippen molar-refractivity contribution in [3.05, 3.63) is 89.6 Å². The first-order chi connectivity index (χ1) is 18.8. The van der Waals surface area contributed by atoms with Crippen molar-refractivity contribution in [2.45, 2.75) is 45.3 Å². The summed E-state index contributed by atoms with van der Waals surface area (Å²) in [4.78, 5) is 17.0. The van der Waals surface area contributed by atoms with Gasteiger partial charge in [-0.05, 0) is 49.9 Å². The molecule has 1 atom stereocenters. The summed E-state index contributed by atoms with van der Waals surface area (Å²) >= 11 is 1.46. The molecule has 9 heteroatoms. The van der Waals surface area contributed by atoms with E-state index < -0.39 is 11.7 Å². The van der Waals surface area contributed by atoms with Crippen LogP contribution in [0.15, 0.2) is 78.5 Å². The zero-order valence-corrected chi connectivity index (χ0v) is 22.7. The van der Waals surface area contributed by atoms with Crippen LogP contribution in [0.4, 0.5) is 24.3 Å². The second-order valence-electron chi connectivity index (χ2n) is 9.54. The van der Waals surface area contributed by atoms with E-state index in [4.69, 9.17) is 9.97 Å². The Morgan fingerprint density at radius 3 is 2.62 bits per heavy atom. The topological polar surface area (TPSA) is 53.9 Å². The minimum atomic E-state index is -4.44. The summed E-state index contributed by atoms with van der Waals surface area (Å²) in [6.07, 6.45) is 2.39. The lowest BCUT2D eigenvalue weighted by Crippen LogP contribution is -2.24. The van der Waals surface area contributed by atoms with Crippen molar-refractivity contribution >= 4 is 22.4 Å². The number of halogens is 3. The Kier molecular flexibility index (Phi) is 7.97. The van der Waals surface area contributed by atoms with E-state index in [1.807, 2.05) is 37.3 Å². The summed E-state index contributed by atoms with van der Waals surface area (Å²) in [6, 6.07) is 17.1. The van der Waals surface area contributed by atoms with Crippen LogP contribution in [-0.4, -0.2) is 28.0 Å². The molecule has 1 aliphatic heterocycles. The van der Waals surface area contributed by atoms with Crippen molar-refractivity contribution in [3.63, 3.8) is 0 Å². The van der Waals surface area contributed by atoms with E-state index in [0.29, 0.717) is 22.9 Å². The molecule has 2 aromatic heterocycles. The zero-order chi connectivity index (χ0) is 27.4. The molecule has 0 spiro atoms. The Balaban J connectivity index is 1.53. The van der Waals surface area contributed by atoms with Crippen molar-refractivity contribution in [2.75, 3.05) is 23.3 Å². The highest BCUT2D eigenvalue weighted by molar-refractivity contribution is 7.19. The smallest absolute Gasteiger partial charge is 0.348 e. The quantitative estimate of drug-likeness (QED) is 0.235. The van der Waals surface area contributed by atoms with Gasteiger partial charge in [0.1, 0.15) is 0 Å². The van der Waals surface area contributed by atoms with E-state index in [1.165, 1.54) is 29.0 Å². The van der Waals surface area contributed by atoms with Gasteiger partial charge in [-0.2, -0.15) is 13.2 Å². The first kappa shape index (κ1) is 26.9. The molecule has 0 saturated carbocycles. The van der Waals surface area contributed by atoms with E-state index in [1.54, 1.807) is 18.3 Å². The van der Waals surface area contributed by atoms with Crippen molar-refractivity contribution < 1.29 is 13.2 Å². The molecule has 0 saturated heterocycles. The van der Waals surface area contributed by atoms with E-state index >= 15 is 0 Å². The van der Waals surface area contributed by atoms with Gasteiger partial charge >= 0.3 is 6.18 Å². The lowest BCUT2D eigenvalue weighted by atomic mass is 10.1. The van der Waals surface area contributed by atoms with E-state index in [2.05, 4.69) is 28.2 Å². The van der Waals surface area contributed by atoms with Gasteiger partial charge in [-0.15, -0.1) is 0 Å². The van der Waals surface area contributed by atoms with E-state index in [9.17, 15) is 13.2 Å². The monoisotopic (exact) mass is 549 g/mol. The molecule has 0 unspecified atom stereocenters. The number of thiazole rings is 1. The predicted molar refractivity (Wildman–Crippen MR) is 152 cm³/mol. The molecule has 0 bridgehead atoms. The van der Waals surface area contributed by atoms with E-state index in [-0.39, 0.29) is 6.04 Å². The SMILES string of the molecule is CCC1=CCCN(c2nc(-c3cccc(C(F)(F)F)c3)c(-c3ccnc(N[C@@H](C)c4ccccc4)n3)s2)CC1. The van der Waals surface area contributed by atoms with E-state index in [0.717, 1.165) is 54.0 Å². The van der Waals surface area contributed by atoms with Crippen molar-refractivity contribution in [1.29, 1.82) is 0 Å². The van der Waals surface area contributed by atoms with Gasteiger partial charge in [0.25, 0.3) is 0 Å². The Bertz CT molecular complexity index is 1450. The fraction of sp³-hybridized carbons (Fsp3) is 0.300. The highest BCUT2D eigenvalue weighted by Crippen LogP contribution is 2.42. The largest absolute Gasteiger partial charge is 0.416 e. The van der Waals surface area contributed by atoms with Gasteiger partial charge in [0, 0.05) is 24.8 Å². The Morgan fingerprint density at radius 1 is 1.03 bits per heavy atom. The number of hydrogen-bond donors (Lipinski definition) is 1. The van der Waals surface area contributed by atoms with Crippen LogP contribution in [0.25, 0.3) is 21.8 Å². The van der Waals surface area contributed by atoms with Gasteiger partial charge in [0.2, 0.25) is 5.95 Å². The Hall–Kier alpha value is -3.72. The highest BCUT2D eigenvalue weighted by atomic mass is 32.1. The van der Waals surface area contributed by atoms with Gasteiger partial charge < -0.3 is 10.2 Å². The lowest BCUT2D eigenvalue weighted by Gasteiger charge is -2.19. The standard InChI is InChI=1S/C30H30F3N5S/c1-3-21-9-8-17-38(18-15-21)29-37-26(23-12-7-13-24(19-23)30(31,32)33)27(39-29)25-14-16-34-28(36-25)35-20(2)22-10-5-4-6-11-22/h4-7,9-14,16,19-20H,3,8,15,17-18H2,1-2H3,(H,34,35,36)/t20-/m0/s1. The first-order valence-electron chi connectivity index (χ1n) is 13.1. The van der Waals surface area contributed by atoms with Crippen LogP contribution in [0.5, 0.6) is 0 Å². The molecular weight excluding hydrogens is 519 g/mol. The fourth-order valence-corrected chi connectivity index (χ4v) is 5.77.